The van der Waals surface area contributed by atoms with E-state index in [9.17, 15) is 9.90 Å². The third-order valence-electron chi connectivity index (χ3n) is 10.0. The second-order valence-corrected chi connectivity index (χ2v) is 11.7. The van der Waals surface area contributed by atoms with Crippen molar-refractivity contribution in [2.75, 3.05) is 0 Å². The lowest BCUT2D eigenvalue weighted by Gasteiger charge is -2.56. The smallest absolute Gasteiger partial charge is 0.202 e. The Kier molecular flexibility index (Phi) is 4.96. The first-order valence-electron chi connectivity index (χ1n) is 12.4. The number of carbonyl (C=O) groups is 1. The summed E-state index contributed by atoms with van der Waals surface area (Å²) in [4.78, 5) is 17.8. The summed E-state index contributed by atoms with van der Waals surface area (Å²) in [6, 6.07) is 0. The molecule has 8 atom stereocenters. The van der Waals surface area contributed by atoms with Gasteiger partial charge in [-0.25, -0.2) is 4.98 Å². The van der Waals surface area contributed by atoms with Crippen molar-refractivity contribution in [2.24, 2.45) is 40.9 Å². The molecule has 1 heterocycles. The number of fused-ring (bicyclic) bond motifs is 5. The van der Waals surface area contributed by atoms with Crippen LogP contribution in [0.4, 0.5) is 0 Å². The Balaban J connectivity index is 1.31. The van der Waals surface area contributed by atoms with Gasteiger partial charge in [-0.15, -0.1) is 0 Å². The van der Waals surface area contributed by atoms with Crippen LogP contribution in [0.5, 0.6) is 0 Å². The summed E-state index contributed by atoms with van der Waals surface area (Å²) >= 11 is 0. The molecule has 4 fully saturated rings. The average Bonchev–Trinajstić information content (AvgIpc) is 3.19. The van der Waals surface area contributed by atoms with Gasteiger partial charge in [0.2, 0.25) is 5.89 Å². The van der Waals surface area contributed by atoms with Gasteiger partial charge in [-0.05, 0) is 114 Å². The summed E-state index contributed by atoms with van der Waals surface area (Å²) in [5.74, 6) is 5.78. The Morgan fingerprint density at radius 1 is 1.03 bits per heavy atom. The van der Waals surface area contributed by atoms with E-state index in [-0.39, 0.29) is 11.3 Å². The average molecular weight is 414 g/mol. The number of ketones is 1. The summed E-state index contributed by atoms with van der Waals surface area (Å²) in [6.45, 7) is 8.33. The van der Waals surface area contributed by atoms with Crippen molar-refractivity contribution in [3.63, 3.8) is 0 Å². The minimum atomic E-state index is -0.446. The molecule has 0 aromatic carbocycles. The van der Waals surface area contributed by atoms with Crippen molar-refractivity contribution >= 4 is 5.78 Å². The molecule has 4 aliphatic carbocycles. The van der Waals surface area contributed by atoms with Crippen LogP contribution >= 0.6 is 0 Å². The molecule has 0 saturated heterocycles. The number of Topliss-reactive ketones (excluding diaryl/α,β-unsaturated/α-hetero) is 1. The fourth-order valence-electron chi connectivity index (χ4n) is 8.50. The van der Waals surface area contributed by atoms with Crippen molar-refractivity contribution in [3.05, 3.63) is 17.3 Å². The zero-order valence-electron chi connectivity index (χ0n) is 19.2. The molecule has 0 aliphatic heterocycles. The van der Waals surface area contributed by atoms with Crippen LogP contribution in [0.3, 0.4) is 0 Å². The number of aryl methyl sites for hydroxylation is 2. The zero-order chi connectivity index (χ0) is 21.3. The zero-order valence-corrected chi connectivity index (χ0v) is 19.2. The van der Waals surface area contributed by atoms with Gasteiger partial charge in [0.05, 0.1) is 17.7 Å². The number of nitrogens with zero attached hydrogens (tertiary/aromatic N) is 1. The van der Waals surface area contributed by atoms with Crippen LogP contribution < -0.4 is 0 Å². The summed E-state index contributed by atoms with van der Waals surface area (Å²) in [5, 5.41) is 10.6. The van der Waals surface area contributed by atoms with Crippen molar-refractivity contribution in [1.82, 2.24) is 4.98 Å². The van der Waals surface area contributed by atoms with Gasteiger partial charge in [0.25, 0.3) is 0 Å². The molecule has 8 unspecified atom stereocenters. The van der Waals surface area contributed by atoms with E-state index >= 15 is 0 Å². The second-order valence-electron chi connectivity index (χ2n) is 11.7. The van der Waals surface area contributed by atoms with Gasteiger partial charge in [-0.1, -0.05) is 6.92 Å². The molecule has 4 saturated carbocycles. The number of hydrogen-bond acceptors (Lipinski definition) is 4. The van der Waals surface area contributed by atoms with Gasteiger partial charge in [-0.2, -0.15) is 0 Å². The van der Waals surface area contributed by atoms with E-state index in [1.54, 1.807) is 0 Å². The fraction of sp³-hybridized carbons (Fsp3) is 0.846. The van der Waals surface area contributed by atoms with Crippen molar-refractivity contribution in [3.8, 4) is 0 Å². The summed E-state index contributed by atoms with van der Waals surface area (Å²) in [7, 11) is 0. The Morgan fingerprint density at radius 2 is 1.80 bits per heavy atom. The van der Waals surface area contributed by atoms with Crippen LogP contribution in [0.25, 0.3) is 0 Å². The number of oxazole rings is 1. The van der Waals surface area contributed by atoms with Gasteiger partial charge in [0.1, 0.15) is 11.5 Å². The third-order valence-corrected chi connectivity index (χ3v) is 10.0. The molecular formula is C26H39NO3. The molecular weight excluding hydrogens is 374 g/mol. The van der Waals surface area contributed by atoms with Gasteiger partial charge < -0.3 is 9.52 Å². The maximum absolute atomic E-state index is 13.3. The lowest BCUT2D eigenvalue weighted by Crippen LogP contribution is -2.51. The SMILES string of the molecule is Cc1nc(CC(=O)C2CCC3C4CCC5CC(C)(O)CCC5C4CCC23C)oc1C. The molecule has 0 amide bonds. The lowest BCUT2D eigenvalue weighted by molar-refractivity contribution is -0.132. The van der Waals surface area contributed by atoms with Crippen LogP contribution in [0.15, 0.2) is 4.42 Å². The van der Waals surface area contributed by atoms with Crippen LogP contribution in [0, 0.1) is 54.8 Å². The molecule has 4 heteroatoms. The Labute approximate surface area is 181 Å². The molecule has 1 aromatic rings. The van der Waals surface area contributed by atoms with E-state index < -0.39 is 5.60 Å². The Morgan fingerprint density at radius 3 is 2.53 bits per heavy atom. The molecule has 4 aliphatic rings. The van der Waals surface area contributed by atoms with Gasteiger partial charge in [0.15, 0.2) is 0 Å². The largest absolute Gasteiger partial charge is 0.445 e. The van der Waals surface area contributed by atoms with Crippen molar-refractivity contribution in [1.29, 1.82) is 0 Å². The number of hydrogen-bond donors (Lipinski definition) is 1. The monoisotopic (exact) mass is 413 g/mol. The Hall–Kier alpha value is -1.16. The van der Waals surface area contributed by atoms with E-state index in [0.29, 0.717) is 24.0 Å². The first-order valence-corrected chi connectivity index (χ1v) is 12.4. The number of aromatic nitrogens is 1. The number of aliphatic hydroxyl groups is 1. The summed E-state index contributed by atoms with van der Waals surface area (Å²) in [6.07, 6.45) is 10.8. The quantitative estimate of drug-likeness (QED) is 0.718. The first-order chi connectivity index (χ1) is 14.2. The van der Waals surface area contributed by atoms with E-state index in [1.807, 2.05) is 20.8 Å². The number of carbonyl (C=O) groups excluding carboxylic acids is 1. The molecule has 30 heavy (non-hydrogen) atoms. The third kappa shape index (κ3) is 3.29. The normalized spacial score (nSPS) is 45.5. The summed E-state index contributed by atoms with van der Waals surface area (Å²) < 4.78 is 5.72. The van der Waals surface area contributed by atoms with Crippen LogP contribution in [-0.2, 0) is 11.2 Å². The minimum absolute atomic E-state index is 0.155. The topological polar surface area (TPSA) is 63.3 Å². The first kappa shape index (κ1) is 20.7. The van der Waals surface area contributed by atoms with E-state index in [2.05, 4.69) is 11.9 Å². The highest BCUT2D eigenvalue weighted by molar-refractivity contribution is 5.83. The lowest BCUT2D eigenvalue weighted by atomic mass is 9.49. The predicted octanol–water partition coefficient (Wildman–Crippen LogP) is 5.42. The molecule has 166 valence electrons. The highest BCUT2D eigenvalue weighted by atomic mass is 16.4. The van der Waals surface area contributed by atoms with Crippen LogP contribution in [-0.4, -0.2) is 21.5 Å². The summed E-state index contributed by atoms with van der Waals surface area (Å²) in [5.41, 5.74) is 0.609. The van der Waals surface area contributed by atoms with Gasteiger partial charge in [-0.3, -0.25) is 4.79 Å². The predicted molar refractivity (Wildman–Crippen MR) is 116 cm³/mol. The van der Waals surface area contributed by atoms with Crippen molar-refractivity contribution < 1.29 is 14.3 Å². The maximum atomic E-state index is 13.3. The number of rotatable bonds is 3. The molecule has 0 radical (unpaired) electrons. The van der Waals surface area contributed by atoms with E-state index in [4.69, 9.17) is 4.42 Å². The van der Waals surface area contributed by atoms with Gasteiger partial charge in [0, 0.05) is 5.92 Å². The van der Waals surface area contributed by atoms with Crippen LogP contribution in [0.1, 0.15) is 89.0 Å². The van der Waals surface area contributed by atoms with Crippen molar-refractivity contribution in [2.45, 2.75) is 97.5 Å². The highest BCUT2D eigenvalue weighted by Crippen LogP contribution is 2.64. The maximum Gasteiger partial charge on any atom is 0.202 e. The molecule has 5 rings (SSSR count). The van der Waals surface area contributed by atoms with Crippen LogP contribution in [0.2, 0.25) is 0 Å². The molecule has 1 aromatic heterocycles. The standard InChI is InChI=1S/C26H39NO3/c1-15-16(2)30-24(27-15)13-23(28)22-8-7-21-20-6-5-17-14-25(3,29)11-9-18(17)19(20)10-12-26(21,22)4/h17-22,29H,5-14H2,1-4H3. The van der Waals surface area contributed by atoms with Gasteiger partial charge >= 0.3 is 0 Å². The molecule has 4 nitrogen and oxygen atoms in total. The second kappa shape index (κ2) is 7.18. The Bertz CT molecular complexity index is 807. The fourth-order valence-corrected chi connectivity index (χ4v) is 8.50. The molecule has 1 N–H and O–H groups in total. The highest BCUT2D eigenvalue weighted by Gasteiger charge is 2.58. The van der Waals surface area contributed by atoms with E-state index in [1.165, 1.54) is 38.5 Å². The minimum Gasteiger partial charge on any atom is -0.445 e. The molecule has 0 spiro atoms. The van der Waals surface area contributed by atoms with E-state index in [0.717, 1.165) is 54.4 Å². The molecule has 0 bridgehead atoms.